The van der Waals surface area contributed by atoms with Crippen LogP contribution in [0, 0.1) is 5.92 Å². The molecule has 5 nitrogen and oxygen atoms in total. The second-order valence-electron chi connectivity index (χ2n) is 6.02. The van der Waals surface area contributed by atoms with Gasteiger partial charge in [-0.1, -0.05) is 0 Å². The van der Waals surface area contributed by atoms with Crippen LogP contribution in [0.5, 0.6) is 0 Å². The zero-order chi connectivity index (χ0) is 16.3. The molecule has 1 aliphatic heterocycles. The molecule has 1 aliphatic rings. The maximum absolute atomic E-state index is 12.1. The molecule has 1 N–H and O–H groups in total. The van der Waals surface area contributed by atoms with E-state index in [-0.39, 0.29) is 17.4 Å². The first-order valence-electron chi connectivity index (χ1n) is 7.70. The van der Waals surface area contributed by atoms with Gasteiger partial charge < -0.3 is 10.2 Å². The second-order valence-corrected chi connectivity index (χ2v) is 8.24. The maximum Gasteiger partial charge on any atom is 0.228 e. The lowest BCUT2D eigenvalue weighted by molar-refractivity contribution is -0.119. The van der Waals surface area contributed by atoms with Gasteiger partial charge >= 0.3 is 0 Å². The number of hydrogen-bond donors (Lipinski definition) is 1. The summed E-state index contributed by atoms with van der Waals surface area (Å²) >= 11 is 0. The van der Waals surface area contributed by atoms with Crippen molar-refractivity contribution in [3.63, 3.8) is 0 Å². The Balaban J connectivity index is 2.01. The molecule has 2 rings (SSSR count). The molecule has 1 aromatic carbocycles. The van der Waals surface area contributed by atoms with Gasteiger partial charge in [0.25, 0.3) is 0 Å². The summed E-state index contributed by atoms with van der Waals surface area (Å²) in [5.41, 5.74) is 1.82. The number of benzene rings is 1. The molecule has 6 heteroatoms. The number of anilines is 2. The topological polar surface area (TPSA) is 66.5 Å². The lowest BCUT2D eigenvalue weighted by atomic mass is 10.1. The van der Waals surface area contributed by atoms with Crippen LogP contribution in [0.1, 0.15) is 27.2 Å². The van der Waals surface area contributed by atoms with E-state index in [1.165, 1.54) is 0 Å². The molecule has 122 valence electrons. The minimum Gasteiger partial charge on any atom is -0.369 e. The number of amides is 1. The highest BCUT2D eigenvalue weighted by atomic mass is 32.2. The van der Waals surface area contributed by atoms with Gasteiger partial charge in [-0.2, -0.15) is 0 Å². The maximum atomic E-state index is 12.1. The third-order valence-electron chi connectivity index (χ3n) is 4.03. The van der Waals surface area contributed by atoms with Crippen molar-refractivity contribution in [2.24, 2.45) is 5.92 Å². The Hall–Kier alpha value is -1.56. The highest BCUT2D eigenvalue weighted by molar-refractivity contribution is 7.91. The second kappa shape index (κ2) is 6.69. The van der Waals surface area contributed by atoms with Crippen molar-refractivity contribution >= 4 is 27.1 Å². The Kier molecular flexibility index (Phi) is 5.11. The number of sulfone groups is 1. The molecule has 1 amide bonds. The number of nitrogens with one attached hydrogen (secondary N) is 1. The van der Waals surface area contributed by atoms with Crippen LogP contribution in [-0.2, 0) is 14.6 Å². The van der Waals surface area contributed by atoms with Gasteiger partial charge in [-0.15, -0.1) is 0 Å². The van der Waals surface area contributed by atoms with Crippen LogP contribution < -0.4 is 10.2 Å². The summed E-state index contributed by atoms with van der Waals surface area (Å²) < 4.78 is 22.9. The van der Waals surface area contributed by atoms with E-state index in [2.05, 4.69) is 31.0 Å². The smallest absolute Gasteiger partial charge is 0.228 e. The zero-order valence-corrected chi connectivity index (χ0v) is 14.2. The number of carbonyl (C=O) groups excluding carboxylic acids is 1. The normalized spacial score (nSPS) is 20.1. The fourth-order valence-electron chi connectivity index (χ4n) is 2.83. The minimum absolute atomic E-state index is 0.0339. The molecule has 0 radical (unpaired) electrons. The predicted molar refractivity (Wildman–Crippen MR) is 90.0 cm³/mol. The van der Waals surface area contributed by atoms with Gasteiger partial charge in [0.1, 0.15) is 0 Å². The highest BCUT2D eigenvalue weighted by Crippen LogP contribution is 2.23. The monoisotopic (exact) mass is 324 g/mol. The van der Waals surface area contributed by atoms with Gasteiger partial charge in [0.05, 0.1) is 17.4 Å². The molecule has 1 atom stereocenters. The predicted octanol–water partition coefficient (Wildman–Crippen LogP) is 2.29. The quantitative estimate of drug-likeness (QED) is 0.902. The van der Waals surface area contributed by atoms with E-state index in [1.807, 2.05) is 24.3 Å². The average molecular weight is 324 g/mol. The minimum atomic E-state index is -3.03. The summed E-state index contributed by atoms with van der Waals surface area (Å²) in [7, 11) is -3.03. The lowest BCUT2D eigenvalue weighted by Gasteiger charge is -2.27. The Morgan fingerprint density at radius 2 is 1.95 bits per heavy atom. The van der Waals surface area contributed by atoms with E-state index in [1.54, 1.807) is 0 Å². The summed E-state index contributed by atoms with van der Waals surface area (Å²) in [5, 5.41) is 2.81. The molecule has 1 fully saturated rings. The van der Waals surface area contributed by atoms with Crippen LogP contribution in [0.3, 0.4) is 0 Å². The fourth-order valence-corrected chi connectivity index (χ4v) is 4.57. The Morgan fingerprint density at radius 3 is 2.41 bits per heavy atom. The van der Waals surface area contributed by atoms with E-state index in [4.69, 9.17) is 0 Å². The zero-order valence-electron chi connectivity index (χ0n) is 13.4. The van der Waals surface area contributed by atoms with Gasteiger partial charge in [0, 0.05) is 24.0 Å². The van der Waals surface area contributed by atoms with Crippen LogP contribution in [0.15, 0.2) is 24.3 Å². The highest BCUT2D eigenvalue weighted by Gasteiger charge is 2.32. The van der Waals surface area contributed by atoms with E-state index in [0.717, 1.165) is 12.2 Å². The van der Waals surface area contributed by atoms with Crippen molar-refractivity contribution in [1.29, 1.82) is 0 Å². The van der Waals surface area contributed by atoms with Gasteiger partial charge in [-0.05, 0) is 51.5 Å². The largest absolute Gasteiger partial charge is 0.369 e. The molecule has 22 heavy (non-hydrogen) atoms. The van der Waals surface area contributed by atoms with E-state index in [9.17, 15) is 13.2 Å². The van der Waals surface area contributed by atoms with Crippen molar-refractivity contribution < 1.29 is 13.2 Å². The molecular weight excluding hydrogens is 300 g/mol. The van der Waals surface area contributed by atoms with Crippen LogP contribution in [-0.4, -0.2) is 38.4 Å². The summed E-state index contributed by atoms with van der Waals surface area (Å²) in [6.45, 7) is 7.30. The Labute approximate surface area is 132 Å². The molecule has 1 unspecified atom stereocenters. The van der Waals surface area contributed by atoms with Gasteiger partial charge in [-0.3, -0.25) is 4.79 Å². The van der Waals surface area contributed by atoms with Crippen molar-refractivity contribution in [3.05, 3.63) is 24.3 Å². The van der Waals surface area contributed by atoms with Crippen molar-refractivity contribution in [2.45, 2.75) is 33.2 Å². The molecule has 0 aromatic heterocycles. The number of carbonyl (C=O) groups is 1. The average Bonchev–Trinajstić information content (AvgIpc) is 2.81. The third-order valence-corrected chi connectivity index (χ3v) is 5.80. The summed E-state index contributed by atoms with van der Waals surface area (Å²) in [4.78, 5) is 14.4. The Bertz CT molecular complexity index is 623. The molecule has 0 bridgehead atoms. The van der Waals surface area contributed by atoms with Crippen LogP contribution in [0.4, 0.5) is 11.4 Å². The van der Waals surface area contributed by atoms with Crippen molar-refractivity contribution in [2.75, 3.05) is 28.3 Å². The van der Waals surface area contributed by atoms with E-state index >= 15 is 0 Å². The number of hydrogen-bond acceptors (Lipinski definition) is 4. The van der Waals surface area contributed by atoms with E-state index < -0.39 is 15.8 Å². The van der Waals surface area contributed by atoms with Crippen LogP contribution >= 0.6 is 0 Å². The van der Waals surface area contributed by atoms with Crippen LogP contribution in [0.25, 0.3) is 0 Å². The SMILES string of the molecule is CCN(c1ccc(NC(=O)C2CCS(=O)(=O)C2)cc1)C(C)C. The molecule has 1 saturated heterocycles. The van der Waals surface area contributed by atoms with Gasteiger partial charge in [0.15, 0.2) is 9.84 Å². The van der Waals surface area contributed by atoms with Crippen molar-refractivity contribution in [3.8, 4) is 0 Å². The standard InChI is InChI=1S/C16H24N2O3S/c1-4-18(12(2)3)15-7-5-14(6-8-15)17-16(19)13-9-10-22(20,21)11-13/h5-8,12-13H,4,9-11H2,1-3H3,(H,17,19). The van der Waals surface area contributed by atoms with Crippen molar-refractivity contribution in [1.82, 2.24) is 0 Å². The first-order valence-corrected chi connectivity index (χ1v) is 9.52. The summed E-state index contributed by atoms with van der Waals surface area (Å²) in [6.07, 6.45) is 0.420. The molecule has 1 aromatic rings. The van der Waals surface area contributed by atoms with Crippen LogP contribution in [0.2, 0.25) is 0 Å². The fraction of sp³-hybridized carbons (Fsp3) is 0.562. The van der Waals surface area contributed by atoms with Gasteiger partial charge in [-0.25, -0.2) is 8.42 Å². The first kappa shape index (κ1) is 16.8. The lowest BCUT2D eigenvalue weighted by Crippen LogP contribution is -2.30. The van der Waals surface area contributed by atoms with Gasteiger partial charge in [0.2, 0.25) is 5.91 Å². The number of nitrogens with zero attached hydrogens (tertiary/aromatic N) is 1. The summed E-state index contributed by atoms with van der Waals surface area (Å²) in [5.74, 6) is -0.546. The molecule has 0 saturated carbocycles. The first-order chi connectivity index (χ1) is 10.3. The molecule has 0 aliphatic carbocycles. The molecule has 0 spiro atoms. The third kappa shape index (κ3) is 4.00. The summed E-state index contributed by atoms with van der Waals surface area (Å²) in [6, 6.07) is 8.09. The van der Waals surface area contributed by atoms with E-state index in [0.29, 0.717) is 18.2 Å². The number of rotatable bonds is 5. The Morgan fingerprint density at radius 1 is 1.32 bits per heavy atom. The molecular formula is C16H24N2O3S. The molecule has 1 heterocycles.